The number of benzene rings is 2. The van der Waals surface area contributed by atoms with Crippen LogP contribution in [0.1, 0.15) is 6.42 Å². The Bertz CT molecular complexity index is 762. The van der Waals surface area contributed by atoms with Crippen LogP contribution in [0.2, 0.25) is 0 Å². The number of rotatable bonds is 4. The van der Waals surface area contributed by atoms with Crippen LogP contribution in [0.4, 0.5) is 15.8 Å². The van der Waals surface area contributed by atoms with Gasteiger partial charge in [-0.25, -0.2) is 4.39 Å². The molecule has 0 unspecified atom stereocenters. The van der Waals surface area contributed by atoms with Crippen molar-refractivity contribution in [3.8, 4) is 11.5 Å². The molecule has 0 spiro atoms. The van der Waals surface area contributed by atoms with E-state index in [0.29, 0.717) is 36.1 Å². The predicted molar refractivity (Wildman–Crippen MR) is 85.7 cm³/mol. The third-order valence-electron chi connectivity index (χ3n) is 3.28. The van der Waals surface area contributed by atoms with E-state index in [2.05, 4.69) is 10.6 Å². The maximum Gasteiger partial charge on any atom is 0.233 e. The summed E-state index contributed by atoms with van der Waals surface area (Å²) in [4.78, 5) is 23.8. The molecule has 0 bridgehead atoms. The second-order valence-corrected chi connectivity index (χ2v) is 5.14. The lowest BCUT2D eigenvalue weighted by molar-refractivity contribution is -0.123. The number of carbonyl (C=O) groups excluding carboxylic acids is 2. The fourth-order valence-corrected chi connectivity index (χ4v) is 2.21. The molecule has 0 atom stereocenters. The summed E-state index contributed by atoms with van der Waals surface area (Å²) in [5.41, 5.74) is 0.937. The van der Waals surface area contributed by atoms with Crippen LogP contribution < -0.4 is 20.1 Å². The molecule has 0 fully saturated rings. The van der Waals surface area contributed by atoms with Gasteiger partial charge in [-0.1, -0.05) is 0 Å². The highest BCUT2D eigenvalue weighted by molar-refractivity contribution is 6.08. The van der Waals surface area contributed by atoms with E-state index in [1.165, 1.54) is 24.3 Å². The first kappa shape index (κ1) is 15.8. The van der Waals surface area contributed by atoms with Crippen molar-refractivity contribution in [1.29, 1.82) is 0 Å². The van der Waals surface area contributed by atoms with E-state index in [-0.39, 0.29) is 6.42 Å². The van der Waals surface area contributed by atoms with Crippen LogP contribution in [-0.4, -0.2) is 25.0 Å². The van der Waals surface area contributed by atoms with Crippen LogP contribution in [0.15, 0.2) is 42.5 Å². The highest BCUT2D eigenvalue weighted by Gasteiger charge is 2.14. The van der Waals surface area contributed by atoms with Crippen molar-refractivity contribution in [2.75, 3.05) is 23.8 Å². The van der Waals surface area contributed by atoms with E-state index in [9.17, 15) is 14.0 Å². The summed E-state index contributed by atoms with van der Waals surface area (Å²) in [5, 5.41) is 5.15. The second-order valence-electron chi connectivity index (χ2n) is 5.14. The van der Waals surface area contributed by atoms with Gasteiger partial charge in [0.05, 0.1) is 0 Å². The zero-order chi connectivity index (χ0) is 16.9. The second kappa shape index (κ2) is 6.99. The number of hydrogen-bond acceptors (Lipinski definition) is 4. The van der Waals surface area contributed by atoms with E-state index in [1.807, 2.05) is 0 Å². The first-order valence-electron chi connectivity index (χ1n) is 7.35. The molecule has 0 saturated carbocycles. The standard InChI is InChI=1S/C17H15FN2O4/c18-11-1-3-12(4-2-11)19-16(21)10-17(22)20-13-5-6-14-15(9-13)24-8-7-23-14/h1-6,9H,7-8,10H2,(H,19,21)(H,20,22). The highest BCUT2D eigenvalue weighted by Crippen LogP contribution is 2.32. The predicted octanol–water partition coefficient (Wildman–Crippen LogP) is 2.56. The Morgan fingerprint density at radius 2 is 1.46 bits per heavy atom. The van der Waals surface area contributed by atoms with Gasteiger partial charge in [0.15, 0.2) is 11.5 Å². The van der Waals surface area contributed by atoms with Crippen LogP contribution in [0.5, 0.6) is 11.5 Å². The van der Waals surface area contributed by atoms with Gasteiger partial charge in [0.25, 0.3) is 0 Å². The monoisotopic (exact) mass is 330 g/mol. The van der Waals surface area contributed by atoms with Gasteiger partial charge in [-0.05, 0) is 36.4 Å². The molecule has 0 radical (unpaired) electrons. The van der Waals surface area contributed by atoms with Crippen LogP contribution in [0, 0.1) is 5.82 Å². The van der Waals surface area contributed by atoms with Gasteiger partial charge >= 0.3 is 0 Å². The lowest BCUT2D eigenvalue weighted by Crippen LogP contribution is -2.21. The SMILES string of the molecule is O=C(CC(=O)Nc1ccc2c(c1)OCCO2)Nc1ccc(F)cc1. The first-order chi connectivity index (χ1) is 11.6. The quantitative estimate of drug-likeness (QED) is 0.845. The molecular formula is C17H15FN2O4. The highest BCUT2D eigenvalue weighted by atomic mass is 19.1. The number of ether oxygens (including phenoxy) is 2. The van der Waals surface area contributed by atoms with E-state index >= 15 is 0 Å². The van der Waals surface area contributed by atoms with Crippen molar-refractivity contribution in [3.05, 3.63) is 48.3 Å². The van der Waals surface area contributed by atoms with Gasteiger partial charge in [0.2, 0.25) is 11.8 Å². The lowest BCUT2D eigenvalue weighted by atomic mass is 10.2. The van der Waals surface area contributed by atoms with E-state index in [4.69, 9.17) is 9.47 Å². The van der Waals surface area contributed by atoms with Crippen LogP contribution in [-0.2, 0) is 9.59 Å². The van der Waals surface area contributed by atoms with E-state index < -0.39 is 17.6 Å². The Kier molecular flexibility index (Phi) is 4.60. The Morgan fingerprint density at radius 3 is 2.17 bits per heavy atom. The first-order valence-corrected chi connectivity index (χ1v) is 7.35. The number of nitrogens with one attached hydrogen (secondary N) is 2. The summed E-state index contributed by atoms with van der Waals surface area (Å²) in [6.07, 6.45) is -0.355. The van der Waals surface area contributed by atoms with Gasteiger partial charge in [-0.15, -0.1) is 0 Å². The summed E-state index contributed by atoms with van der Waals surface area (Å²) in [5.74, 6) is -0.185. The van der Waals surface area contributed by atoms with Gasteiger partial charge in [-0.3, -0.25) is 9.59 Å². The molecule has 0 aromatic heterocycles. The molecule has 7 heteroatoms. The Morgan fingerprint density at radius 1 is 0.875 bits per heavy atom. The van der Waals surface area contributed by atoms with Crippen molar-refractivity contribution in [2.24, 2.45) is 0 Å². The third-order valence-corrected chi connectivity index (χ3v) is 3.28. The minimum absolute atomic E-state index is 0.355. The fraction of sp³-hybridized carbons (Fsp3) is 0.176. The molecule has 2 N–H and O–H groups in total. The summed E-state index contributed by atoms with van der Waals surface area (Å²) in [7, 11) is 0. The Balaban J connectivity index is 1.55. The molecule has 3 rings (SSSR count). The average molecular weight is 330 g/mol. The van der Waals surface area contributed by atoms with Crippen molar-refractivity contribution in [3.63, 3.8) is 0 Å². The fourth-order valence-electron chi connectivity index (χ4n) is 2.21. The molecule has 1 aliphatic rings. The number of halogens is 1. The number of carbonyl (C=O) groups is 2. The zero-order valence-electron chi connectivity index (χ0n) is 12.7. The average Bonchev–Trinajstić information content (AvgIpc) is 2.56. The maximum absolute atomic E-state index is 12.8. The van der Waals surface area contributed by atoms with Gasteiger partial charge < -0.3 is 20.1 Å². The molecule has 2 aromatic rings. The van der Waals surface area contributed by atoms with E-state index in [1.54, 1.807) is 18.2 Å². The molecule has 1 aliphatic heterocycles. The van der Waals surface area contributed by atoms with Crippen molar-refractivity contribution < 1.29 is 23.5 Å². The molecule has 24 heavy (non-hydrogen) atoms. The number of amides is 2. The van der Waals surface area contributed by atoms with Gasteiger partial charge in [-0.2, -0.15) is 0 Å². The van der Waals surface area contributed by atoms with Crippen molar-refractivity contribution in [1.82, 2.24) is 0 Å². The molecule has 2 amide bonds. The third kappa shape index (κ3) is 4.01. The largest absolute Gasteiger partial charge is 0.486 e. The Labute approximate surface area is 137 Å². The number of hydrogen-bond donors (Lipinski definition) is 2. The topological polar surface area (TPSA) is 76.7 Å². The summed E-state index contributed by atoms with van der Waals surface area (Å²) in [6.45, 7) is 0.937. The van der Waals surface area contributed by atoms with Crippen LogP contribution in [0.3, 0.4) is 0 Å². The minimum Gasteiger partial charge on any atom is -0.486 e. The molecule has 0 saturated heterocycles. The minimum atomic E-state index is -0.489. The molecule has 124 valence electrons. The van der Waals surface area contributed by atoms with Gasteiger partial charge in [0, 0.05) is 17.4 Å². The van der Waals surface area contributed by atoms with E-state index in [0.717, 1.165) is 0 Å². The zero-order valence-corrected chi connectivity index (χ0v) is 12.7. The lowest BCUT2D eigenvalue weighted by Gasteiger charge is -2.19. The molecule has 0 aliphatic carbocycles. The summed E-state index contributed by atoms with van der Waals surface area (Å²) < 4.78 is 23.6. The molecule has 1 heterocycles. The molecule has 2 aromatic carbocycles. The smallest absolute Gasteiger partial charge is 0.233 e. The van der Waals surface area contributed by atoms with Crippen molar-refractivity contribution in [2.45, 2.75) is 6.42 Å². The normalized spacial score (nSPS) is 12.4. The van der Waals surface area contributed by atoms with Gasteiger partial charge in [0.1, 0.15) is 25.5 Å². The number of anilines is 2. The molecular weight excluding hydrogens is 315 g/mol. The van der Waals surface area contributed by atoms with Crippen LogP contribution >= 0.6 is 0 Å². The summed E-state index contributed by atoms with van der Waals surface area (Å²) in [6, 6.07) is 10.3. The summed E-state index contributed by atoms with van der Waals surface area (Å²) >= 11 is 0. The van der Waals surface area contributed by atoms with Crippen LogP contribution in [0.25, 0.3) is 0 Å². The molecule has 6 nitrogen and oxygen atoms in total. The Hall–Kier alpha value is -3.09. The maximum atomic E-state index is 12.8. The van der Waals surface area contributed by atoms with Crippen molar-refractivity contribution >= 4 is 23.2 Å². The number of fused-ring (bicyclic) bond motifs is 1.